The van der Waals surface area contributed by atoms with Gasteiger partial charge in [0.25, 0.3) is 0 Å². The van der Waals surface area contributed by atoms with Gasteiger partial charge in [-0.1, -0.05) is 5.92 Å². The van der Waals surface area contributed by atoms with Gasteiger partial charge in [-0.15, -0.1) is 6.42 Å². The maximum atomic E-state index is 13.7. The predicted octanol–water partition coefficient (Wildman–Crippen LogP) is 1.02. The number of anilines is 1. The summed E-state index contributed by atoms with van der Waals surface area (Å²) >= 11 is 0. The van der Waals surface area contributed by atoms with E-state index in [0.29, 0.717) is 0 Å². The third-order valence-corrected chi connectivity index (χ3v) is 3.65. The fourth-order valence-electron chi connectivity index (χ4n) is 1.29. The van der Waals surface area contributed by atoms with E-state index in [2.05, 4.69) is 10.6 Å². The van der Waals surface area contributed by atoms with Gasteiger partial charge in [0.1, 0.15) is 10.7 Å². The van der Waals surface area contributed by atoms with Crippen LogP contribution in [-0.4, -0.2) is 14.5 Å². The highest BCUT2D eigenvalue weighted by Gasteiger charge is 2.22. The van der Waals surface area contributed by atoms with E-state index in [4.69, 9.17) is 12.2 Å². The van der Waals surface area contributed by atoms with E-state index < -0.39 is 26.8 Å². The summed E-state index contributed by atoms with van der Waals surface area (Å²) in [7, 11) is -3.99. The van der Waals surface area contributed by atoms with E-state index in [1.165, 1.54) is 19.9 Å². The number of halogens is 1. The zero-order valence-electron chi connectivity index (χ0n) is 9.49. The standard InChI is InChI=1S/C11H13FN2O2S/c1-4-8(3)14-17(15,16)10-6-9(13)5-7(2)11(10)12/h1,5-6,8,14H,13H2,2-3H3. The van der Waals surface area contributed by atoms with Crippen LogP contribution in [-0.2, 0) is 10.0 Å². The fraction of sp³-hybridized carbons (Fsp3) is 0.273. The van der Waals surface area contributed by atoms with Gasteiger partial charge >= 0.3 is 0 Å². The van der Waals surface area contributed by atoms with Crippen molar-refractivity contribution in [2.24, 2.45) is 0 Å². The quantitative estimate of drug-likeness (QED) is 0.626. The molecule has 17 heavy (non-hydrogen) atoms. The molecule has 0 aliphatic carbocycles. The molecule has 0 amide bonds. The largest absolute Gasteiger partial charge is 0.399 e. The van der Waals surface area contributed by atoms with Crippen LogP contribution in [0.1, 0.15) is 12.5 Å². The van der Waals surface area contributed by atoms with Crippen molar-refractivity contribution < 1.29 is 12.8 Å². The van der Waals surface area contributed by atoms with Gasteiger partial charge < -0.3 is 5.73 Å². The Labute approximate surface area is 100 Å². The fourth-order valence-corrected chi connectivity index (χ4v) is 2.64. The number of sulfonamides is 1. The Balaban J connectivity index is 3.30. The molecular weight excluding hydrogens is 243 g/mol. The van der Waals surface area contributed by atoms with Gasteiger partial charge in [0.05, 0.1) is 6.04 Å². The molecule has 0 aromatic heterocycles. The van der Waals surface area contributed by atoms with Crippen molar-refractivity contribution in [2.45, 2.75) is 24.8 Å². The lowest BCUT2D eigenvalue weighted by molar-refractivity contribution is 0.551. The minimum absolute atomic E-state index is 0.165. The van der Waals surface area contributed by atoms with E-state index in [1.54, 1.807) is 0 Å². The summed E-state index contributed by atoms with van der Waals surface area (Å²) in [4.78, 5) is -0.489. The van der Waals surface area contributed by atoms with Crippen LogP contribution in [0.2, 0.25) is 0 Å². The number of hydrogen-bond acceptors (Lipinski definition) is 3. The van der Waals surface area contributed by atoms with Crippen LogP contribution in [0.5, 0.6) is 0 Å². The summed E-state index contributed by atoms with van der Waals surface area (Å²) in [6.45, 7) is 2.92. The van der Waals surface area contributed by atoms with Crippen molar-refractivity contribution in [3.8, 4) is 12.3 Å². The summed E-state index contributed by atoms with van der Waals surface area (Å²) in [5, 5.41) is 0. The molecule has 4 nitrogen and oxygen atoms in total. The molecule has 3 N–H and O–H groups in total. The van der Waals surface area contributed by atoms with Crippen LogP contribution in [0.15, 0.2) is 17.0 Å². The Morgan fingerprint density at radius 1 is 1.53 bits per heavy atom. The van der Waals surface area contributed by atoms with E-state index in [0.717, 1.165) is 6.07 Å². The first kappa shape index (κ1) is 13.5. The normalized spacial score (nSPS) is 13.1. The number of benzene rings is 1. The maximum Gasteiger partial charge on any atom is 0.244 e. The summed E-state index contributed by atoms with van der Waals surface area (Å²) in [6, 6.07) is 1.70. The first-order valence-corrected chi connectivity index (χ1v) is 6.30. The van der Waals surface area contributed by atoms with Crippen molar-refractivity contribution >= 4 is 15.7 Å². The van der Waals surface area contributed by atoms with Crippen molar-refractivity contribution in [3.05, 3.63) is 23.5 Å². The second-order valence-corrected chi connectivity index (χ2v) is 5.34. The number of terminal acetylenes is 1. The highest BCUT2D eigenvalue weighted by Crippen LogP contribution is 2.21. The second kappa shape index (κ2) is 4.73. The zero-order chi connectivity index (χ0) is 13.2. The number of rotatable bonds is 3. The first-order valence-electron chi connectivity index (χ1n) is 4.82. The molecule has 0 saturated carbocycles. The molecule has 0 bridgehead atoms. The lowest BCUT2D eigenvalue weighted by Crippen LogP contribution is -2.32. The molecule has 0 saturated heterocycles. The molecule has 0 aliphatic rings. The number of aryl methyl sites for hydroxylation is 1. The summed E-state index contributed by atoms with van der Waals surface area (Å²) in [5.74, 6) is 1.37. The molecule has 1 unspecified atom stereocenters. The second-order valence-electron chi connectivity index (χ2n) is 3.66. The SMILES string of the molecule is C#CC(C)NS(=O)(=O)c1cc(N)cc(C)c1F. The van der Waals surface area contributed by atoms with Gasteiger partial charge in [0, 0.05) is 5.69 Å². The van der Waals surface area contributed by atoms with Crippen LogP contribution < -0.4 is 10.5 Å². The monoisotopic (exact) mass is 256 g/mol. The zero-order valence-corrected chi connectivity index (χ0v) is 10.3. The molecule has 92 valence electrons. The molecule has 1 rings (SSSR count). The third kappa shape index (κ3) is 2.96. The van der Waals surface area contributed by atoms with Gasteiger partial charge in [0.2, 0.25) is 10.0 Å². The van der Waals surface area contributed by atoms with E-state index in [-0.39, 0.29) is 11.3 Å². The molecule has 0 radical (unpaired) electrons. The highest BCUT2D eigenvalue weighted by molar-refractivity contribution is 7.89. The molecule has 0 heterocycles. The van der Waals surface area contributed by atoms with Crippen molar-refractivity contribution in [1.29, 1.82) is 0 Å². The Morgan fingerprint density at radius 2 is 2.12 bits per heavy atom. The lowest BCUT2D eigenvalue weighted by atomic mass is 10.2. The Kier molecular flexibility index (Phi) is 3.76. The van der Waals surface area contributed by atoms with E-state index in [9.17, 15) is 12.8 Å². The van der Waals surface area contributed by atoms with E-state index >= 15 is 0 Å². The minimum atomic E-state index is -3.99. The van der Waals surface area contributed by atoms with Crippen LogP contribution in [0.4, 0.5) is 10.1 Å². The first-order chi connectivity index (χ1) is 7.77. The number of nitrogen functional groups attached to an aromatic ring is 1. The van der Waals surface area contributed by atoms with E-state index in [1.807, 2.05) is 0 Å². The van der Waals surface area contributed by atoms with Gasteiger partial charge in [-0.2, -0.15) is 4.72 Å². The van der Waals surface area contributed by atoms with Gasteiger partial charge in [0.15, 0.2) is 0 Å². The number of nitrogens with two attached hydrogens (primary N) is 1. The lowest BCUT2D eigenvalue weighted by Gasteiger charge is -2.11. The van der Waals surface area contributed by atoms with Crippen molar-refractivity contribution in [2.75, 3.05) is 5.73 Å². The molecule has 6 heteroatoms. The number of nitrogens with one attached hydrogen (secondary N) is 1. The van der Waals surface area contributed by atoms with Gasteiger partial charge in [-0.3, -0.25) is 0 Å². The predicted molar refractivity (Wildman–Crippen MR) is 64.2 cm³/mol. The highest BCUT2D eigenvalue weighted by atomic mass is 32.2. The molecule has 0 spiro atoms. The molecule has 1 aromatic rings. The average Bonchev–Trinajstić information content (AvgIpc) is 2.22. The van der Waals surface area contributed by atoms with Crippen molar-refractivity contribution in [3.63, 3.8) is 0 Å². The minimum Gasteiger partial charge on any atom is -0.399 e. The number of hydrogen-bond donors (Lipinski definition) is 2. The Bertz CT molecular complexity index is 576. The molecule has 0 fully saturated rings. The average molecular weight is 256 g/mol. The van der Waals surface area contributed by atoms with Crippen LogP contribution in [0.25, 0.3) is 0 Å². The third-order valence-electron chi connectivity index (χ3n) is 2.11. The topological polar surface area (TPSA) is 72.2 Å². The smallest absolute Gasteiger partial charge is 0.244 e. The Hall–Kier alpha value is -1.58. The summed E-state index contributed by atoms with van der Waals surface area (Å²) in [6.07, 6.45) is 5.06. The van der Waals surface area contributed by atoms with Crippen LogP contribution in [0, 0.1) is 25.1 Å². The van der Waals surface area contributed by atoms with Crippen LogP contribution >= 0.6 is 0 Å². The van der Waals surface area contributed by atoms with Gasteiger partial charge in [-0.05, 0) is 31.5 Å². The Morgan fingerprint density at radius 3 is 2.65 bits per heavy atom. The summed E-state index contributed by atoms with van der Waals surface area (Å²) in [5.41, 5.74) is 5.83. The van der Waals surface area contributed by atoms with Gasteiger partial charge in [-0.25, -0.2) is 12.8 Å². The molecule has 0 aliphatic heterocycles. The maximum absolute atomic E-state index is 13.7. The van der Waals surface area contributed by atoms with Crippen LogP contribution in [0.3, 0.4) is 0 Å². The summed E-state index contributed by atoms with van der Waals surface area (Å²) < 4.78 is 39.5. The van der Waals surface area contributed by atoms with Crippen molar-refractivity contribution in [1.82, 2.24) is 4.72 Å². The molecular formula is C11H13FN2O2S. The molecule has 1 aromatic carbocycles. The molecule has 1 atom stereocenters.